The molecule has 3 rings (SSSR count). The van der Waals surface area contributed by atoms with E-state index in [1.54, 1.807) is 12.1 Å². The predicted molar refractivity (Wildman–Crippen MR) is 102 cm³/mol. The van der Waals surface area contributed by atoms with Gasteiger partial charge in [-0.05, 0) is 67.9 Å². The number of likely N-dealkylation sites (tertiary alicyclic amines) is 1. The monoisotopic (exact) mass is 392 g/mol. The number of aromatic nitrogens is 4. The molecular formula is C18H25ClN6O2. The number of hydrogen-bond acceptors (Lipinski definition) is 6. The minimum absolute atomic E-state index is 0.0698. The fraction of sp³-hybridized carbons (Fsp3) is 0.556. The highest BCUT2D eigenvalue weighted by atomic mass is 35.5. The summed E-state index contributed by atoms with van der Waals surface area (Å²) in [6.07, 6.45) is 4.69. The summed E-state index contributed by atoms with van der Waals surface area (Å²) in [7, 11) is 0. The van der Waals surface area contributed by atoms with E-state index in [1.807, 2.05) is 12.1 Å². The second-order valence-electron chi connectivity index (χ2n) is 6.58. The van der Waals surface area contributed by atoms with E-state index in [1.165, 1.54) is 30.6 Å². The Morgan fingerprint density at radius 1 is 1.22 bits per heavy atom. The van der Waals surface area contributed by atoms with Crippen molar-refractivity contribution in [2.24, 2.45) is 0 Å². The van der Waals surface area contributed by atoms with Crippen molar-refractivity contribution in [3.05, 3.63) is 35.1 Å². The maximum absolute atomic E-state index is 12.1. The molecule has 1 aromatic heterocycles. The molecule has 146 valence electrons. The second-order valence-corrected chi connectivity index (χ2v) is 6.98. The number of halogens is 1. The number of ether oxygens (including phenoxy) is 1. The zero-order chi connectivity index (χ0) is 18.9. The van der Waals surface area contributed by atoms with Crippen molar-refractivity contribution >= 4 is 17.5 Å². The quantitative estimate of drug-likeness (QED) is 0.621. The van der Waals surface area contributed by atoms with Crippen LogP contribution in [-0.4, -0.2) is 57.2 Å². The Hall–Kier alpha value is -2.19. The van der Waals surface area contributed by atoms with E-state index in [0.717, 1.165) is 19.4 Å². The summed E-state index contributed by atoms with van der Waals surface area (Å²) in [6, 6.07) is 7.18. The average Bonchev–Trinajstić information content (AvgIpc) is 3.33. The Morgan fingerprint density at radius 3 is 2.85 bits per heavy atom. The molecule has 0 aliphatic carbocycles. The van der Waals surface area contributed by atoms with Gasteiger partial charge in [0.2, 0.25) is 5.91 Å². The molecule has 1 aliphatic heterocycles. The summed E-state index contributed by atoms with van der Waals surface area (Å²) in [5.74, 6) is 0.915. The van der Waals surface area contributed by atoms with Gasteiger partial charge in [-0.25, -0.2) is 4.68 Å². The Balaban J connectivity index is 1.37. The van der Waals surface area contributed by atoms with E-state index in [-0.39, 0.29) is 19.1 Å². The van der Waals surface area contributed by atoms with Gasteiger partial charge >= 0.3 is 0 Å². The summed E-state index contributed by atoms with van der Waals surface area (Å²) in [4.78, 5) is 14.6. The molecule has 1 aromatic carbocycles. The first-order valence-corrected chi connectivity index (χ1v) is 9.71. The fourth-order valence-electron chi connectivity index (χ4n) is 3.04. The number of tetrazole rings is 1. The molecule has 1 saturated heterocycles. The number of rotatable bonds is 10. The van der Waals surface area contributed by atoms with Gasteiger partial charge in [0, 0.05) is 6.54 Å². The molecular weight excluding hydrogens is 368 g/mol. The number of nitrogens with one attached hydrogen (secondary N) is 1. The standard InChI is InChI=1S/C18H25ClN6O2/c19-15-7-1-2-8-16(15)27-14-17-21-22-23-25(17)13-18(26)20-9-3-4-10-24-11-5-6-12-24/h1-2,7-8H,3-6,9-14H2,(H,20,26). The Kier molecular flexibility index (Phi) is 7.41. The van der Waals surface area contributed by atoms with Crippen molar-refractivity contribution in [2.45, 2.75) is 38.8 Å². The summed E-state index contributed by atoms with van der Waals surface area (Å²) in [5.41, 5.74) is 0. The fourth-order valence-corrected chi connectivity index (χ4v) is 3.23. The molecule has 1 aliphatic rings. The Bertz CT molecular complexity index is 732. The summed E-state index contributed by atoms with van der Waals surface area (Å²) in [6.45, 7) is 4.42. The van der Waals surface area contributed by atoms with Gasteiger partial charge in [0.25, 0.3) is 0 Å². The molecule has 0 saturated carbocycles. The SMILES string of the molecule is O=C(Cn1nnnc1COc1ccccc1Cl)NCCCCN1CCCC1. The number of unbranched alkanes of at least 4 members (excludes halogenated alkanes) is 1. The van der Waals surface area contributed by atoms with E-state index in [0.29, 0.717) is 23.1 Å². The summed E-state index contributed by atoms with van der Waals surface area (Å²) in [5, 5.41) is 14.8. The lowest BCUT2D eigenvalue weighted by Gasteiger charge is -2.14. The zero-order valence-corrected chi connectivity index (χ0v) is 16.1. The smallest absolute Gasteiger partial charge is 0.241 e. The lowest BCUT2D eigenvalue weighted by molar-refractivity contribution is -0.121. The van der Waals surface area contributed by atoms with Crippen molar-refractivity contribution in [1.29, 1.82) is 0 Å². The van der Waals surface area contributed by atoms with Crippen LogP contribution >= 0.6 is 11.6 Å². The maximum Gasteiger partial charge on any atom is 0.241 e. The number of benzene rings is 1. The van der Waals surface area contributed by atoms with Crippen LogP contribution in [0.5, 0.6) is 5.75 Å². The molecule has 1 fully saturated rings. The predicted octanol–water partition coefficient (Wildman–Crippen LogP) is 1.90. The first kappa shape index (κ1) is 19.6. The number of para-hydroxylation sites is 1. The van der Waals surface area contributed by atoms with Crippen LogP contribution < -0.4 is 10.1 Å². The highest BCUT2D eigenvalue weighted by Crippen LogP contribution is 2.23. The van der Waals surface area contributed by atoms with Crippen LogP contribution in [0.25, 0.3) is 0 Å². The normalized spacial score (nSPS) is 14.4. The molecule has 8 nitrogen and oxygen atoms in total. The van der Waals surface area contributed by atoms with E-state index in [2.05, 4.69) is 25.7 Å². The number of hydrogen-bond donors (Lipinski definition) is 1. The van der Waals surface area contributed by atoms with Crippen molar-refractivity contribution < 1.29 is 9.53 Å². The van der Waals surface area contributed by atoms with Gasteiger partial charge < -0.3 is 15.0 Å². The van der Waals surface area contributed by atoms with Crippen molar-refractivity contribution in [1.82, 2.24) is 30.4 Å². The molecule has 2 heterocycles. The first-order chi connectivity index (χ1) is 13.2. The van der Waals surface area contributed by atoms with E-state index < -0.39 is 0 Å². The zero-order valence-electron chi connectivity index (χ0n) is 15.3. The lowest BCUT2D eigenvalue weighted by atomic mass is 10.3. The Labute approximate surface area is 163 Å². The van der Waals surface area contributed by atoms with Gasteiger partial charge in [0.15, 0.2) is 5.82 Å². The maximum atomic E-state index is 12.1. The number of nitrogens with zero attached hydrogens (tertiary/aromatic N) is 5. The second kappa shape index (κ2) is 10.2. The third-order valence-electron chi connectivity index (χ3n) is 4.51. The van der Waals surface area contributed by atoms with Gasteiger partial charge in [-0.15, -0.1) is 5.10 Å². The van der Waals surface area contributed by atoms with Gasteiger partial charge in [0.1, 0.15) is 18.9 Å². The molecule has 9 heteroatoms. The minimum atomic E-state index is -0.109. The van der Waals surface area contributed by atoms with Crippen molar-refractivity contribution in [2.75, 3.05) is 26.2 Å². The van der Waals surface area contributed by atoms with Crippen LogP contribution in [0.4, 0.5) is 0 Å². The molecule has 1 amide bonds. The summed E-state index contributed by atoms with van der Waals surface area (Å²) >= 11 is 6.06. The van der Waals surface area contributed by atoms with Crippen LogP contribution in [-0.2, 0) is 17.9 Å². The molecule has 2 aromatic rings. The van der Waals surface area contributed by atoms with Gasteiger partial charge in [0.05, 0.1) is 5.02 Å². The number of amides is 1. The van der Waals surface area contributed by atoms with E-state index in [4.69, 9.17) is 16.3 Å². The molecule has 0 unspecified atom stereocenters. The van der Waals surface area contributed by atoms with Gasteiger partial charge in [-0.3, -0.25) is 4.79 Å². The average molecular weight is 393 g/mol. The molecule has 0 spiro atoms. The highest BCUT2D eigenvalue weighted by molar-refractivity contribution is 6.32. The highest BCUT2D eigenvalue weighted by Gasteiger charge is 2.12. The van der Waals surface area contributed by atoms with Crippen molar-refractivity contribution in [3.8, 4) is 5.75 Å². The van der Waals surface area contributed by atoms with Crippen LogP contribution in [0, 0.1) is 0 Å². The summed E-state index contributed by atoms with van der Waals surface area (Å²) < 4.78 is 7.07. The molecule has 1 N–H and O–H groups in total. The Morgan fingerprint density at radius 2 is 2.04 bits per heavy atom. The third-order valence-corrected chi connectivity index (χ3v) is 4.83. The molecule has 27 heavy (non-hydrogen) atoms. The topological polar surface area (TPSA) is 85.2 Å². The lowest BCUT2D eigenvalue weighted by Crippen LogP contribution is -2.30. The largest absolute Gasteiger partial charge is 0.484 e. The van der Waals surface area contributed by atoms with Crippen LogP contribution in [0.3, 0.4) is 0 Å². The van der Waals surface area contributed by atoms with E-state index in [9.17, 15) is 4.79 Å². The first-order valence-electron chi connectivity index (χ1n) is 9.34. The molecule has 0 radical (unpaired) electrons. The minimum Gasteiger partial charge on any atom is -0.484 e. The number of carbonyl (C=O) groups is 1. The van der Waals surface area contributed by atoms with Gasteiger partial charge in [-0.1, -0.05) is 23.7 Å². The number of carbonyl (C=O) groups excluding carboxylic acids is 1. The van der Waals surface area contributed by atoms with Crippen LogP contribution in [0.2, 0.25) is 5.02 Å². The molecule has 0 bridgehead atoms. The molecule has 0 atom stereocenters. The van der Waals surface area contributed by atoms with Gasteiger partial charge in [-0.2, -0.15) is 0 Å². The van der Waals surface area contributed by atoms with Crippen LogP contribution in [0.1, 0.15) is 31.5 Å². The van der Waals surface area contributed by atoms with E-state index >= 15 is 0 Å². The van der Waals surface area contributed by atoms with Crippen molar-refractivity contribution in [3.63, 3.8) is 0 Å². The third kappa shape index (κ3) is 6.18. The van der Waals surface area contributed by atoms with Crippen LogP contribution in [0.15, 0.2) is 24.3 Å².